The molecule has 3 amide bonds. The standard InChI is InChI=1S/C37H29Cl2N3O4S/c1-24(35(43)40-27-18-20-30(21-19-27)46-29-14-6-3-7-15-29)47-31-16-9-13-28(23-31)41-37(45)33(22-26-12-8-17-32(38)34(26)39)42-36(44)25-10-4-2-5-11-25/h2-24H,1H3,(H,40,43)(H,41,45)(H,42,44)/b33-22+. The van der Waals surface area contributed by atoms with E-state index in [0.717, 1.165) is 10.6 Å². The first-order valence-electron chi connectivity index (χ1n) is 14.5. The number of nitrogens with one attached hydrogen (secondary N) is 3. The number of thioether (sulfide) groups is 1. The van der Waals surface area contributed by atoms with Gasteiger partial charge in [-0.05, 0) is 91.4 Å². The SMILES string of the molecule is CC(Sc1cccc(NC(=O)/C(=C\c2cccc(Cl)c2Cl)NC(=O)c2ccccc2)c1)C(=O)Nc1ccc(Oc2ccccc2)cc1. The molecule has 3 N–H and O–H groups in total. The van der Waals surface area contributed by atoms with Gasteiger partial charge in [-0.25, -0.2) is 0 Å². The maximum absolute atomic E-state index is 13.5. The van der Waals surface area contributed by atoms with Crippen LogP contribution in [0.15, 0.2) is 138 Å². The molecule has 236 valence electrons. The Hall–Kier alpha value is -5.02. The number of carbonyl (C=O) groups excluding carboxylic acids is 3. The fourth-order valence-electron chi connectivity index (χ4n) is 4.31. The van der Waals surface area contributed by atoms with Gasteiger partial charge in [0.25, 0.3) is 11.8 Å². The van der Waals surface area contributed by atoms with Gasteiger partial charge < -0.3 is 20.7 Å². The van der Waals surface area contributed by atoms with Crippen LogP contribution in [0.25, 0.3) is 6.08 Å². The van der Waals surface area contributed by atoms with Gasteiger partial charge in [0.15, 0.2) is 0 Å². The van der Waals surface area contributed by atoms with E-state index in [4.69, 9.17) is 27.9 Å². The summed E-state index contributed by atoms with van der Waals surface area (Å²) in [6, 6.07) is 37.2. The van der Waals surface area contributed by atoms with Crippen LogP contribution in [0, 0.1) is 0 Å². The lowest BCUT2D eigenvalue weighted by molar-refractivity contribution is -0.115. The third-order valence-corrected chi connectivity index (χ3v) is 8.61. The van der Waals surface area contributed by atoms with E-state index in [1.807, 2.05) is 36.4 Å². The van der Waals surface area contributed by atoms with E-state index in [1.54, 1.807) is 97.9 Å². The van der Waals surface area contributed by atoms with Crippen molar-refractivity contribution in [2.75, 3.05) is 10.6 Å². The highest BCUT2D eigenvalue weighted by Crippen LogP contribution is 2.29. The third-order valence-electron chi connectivity index (χ3n) is 6.68. The molecule has 0 radical (unpaired) electrons. The second-order valence-electron chi connectivity index (χ2n) is 10.2. The van der Waals surface area contributed by atoms with Crippen molar-refractivity contribution in [3.8, 4) is 11.5 Å². The second-order valence-corrected chi connectivity index (χ2v) is 12.4. The Kier molecular flexibility index (Phi) is 11.4. The number of hydrogen-bond donors (Lipinski definition) is 3. The lowest BCUT2D eigenvalue weighted by atomic mass is 10.1. The molecule has 5 rings (SSSR count). The second kappa shape index (κ2) is 16.0. The van der Waals surface area contributed by atoms with Gasteiger partial charge in [-0.15, -0.1) is 11.8 Å². The molecule has 0 aliphatic carbocycles. The summed E-state index contributed by atoms with van der Waals surface area (Å²) in [6.45, 7) is 1.80. The molecule has 1 unspecified atom stereocenters. The third kappa shape index (κ3) is 9.50. The zero-order valence-electron chi connectivity index (χ0n) is 25.1. The molecule has 0 fully saturated rings. The van der Waals surface area contributed by atoms with E-state index < -0.39 is 17.1 Å². The molecule has 0 saturated heterocycles. The Balaban J connectivity index is 1.24. The average Bonchev–Trinajstić information content (AvgIpc) is 3.08. The Bertz CT molecular complexity index is 1900. The monoisotopic (exact) mass is 681 g/mol. The number of benzene rings is 5. The Morgan fingerprint density at radius 1 is 0.723 bits per heavy atom. The van der Waals surface area contributed by atoms with Crippen molar-refractivity contribution >= 4 is 70.1 Å². The summed E-state index contributed by atoms with van der Waals surface area (Å²) in [4.78, 5) is 40.2. The number of ether oxygens (including phenoxy) is 1. The number of para-hydroxylation sites is 1. The van der Waals surface area contributed by atoms with Gasteiger partial charge in [0.05, 0.1) is 15.3 Å². The fraction of sp³-hybridized carbons (Fsp3) is 0.0541. The van der Waals surface area contributed by atoms with Gasteiger partial charge in [-0.1, -0.05) is 77.8 Å². The van der Waals surface area contributed by atoms with Crippen molar-refractivity contribution in [2.45, 2.75) is 17.1 Å². The first-order valence-corrected chi connectivity index (χ1v) is 16.1. The number of amides is 3. The smallest absolute Gasteiger partial charge is 0.272 e. The minimum absolute atomic E-state index is 0.0333. The Morgan fingerprint density at radius 3 is 2.11 bits per heavy atom. The number of halogens is 2. The van der Waals surface area contributed by atoms with Gasteiger partial charge >= 0.3 is 0 Å². The van der Waals surface area contributed by atoms with Gasteiger partial charge in [0.2, 0.25) is 5.91 Å². The van der Waals surface area contributed by atoms with E-state index in [-0.39, 0.29) is 16.6 Å². The van der Waals surface area contributed by atoms with Crippen molar-refractivity contribution in [3.05, 3.63) is 154 Å². The summed E-state index contributed by atoms with van der Waals surface area (Å²) in [5.74, 6) is 0.158. The van der Waals surface area contributed by atoms with E-state index in [9.17, 15) is 14.4 Å². The molecule has 10 heteroatoms. The molecule has 5 aromatic rings. The normalized spacial score (nSPS) is 11.7. The molecule has 7 nitrogen and oxygen atoms in total. The molecule has 0 spiro atoms. The summed E-state index contributed by atoms with van der Waals surface area (Å²) in [5, 5.41) is 8.56. The van der Waals surface area contributed by atoms with E-state index in [1.165, 1.54) is 17.8 Å². The van der Waals surface area contributed by atoms with Crippen molar-refractivity contribution in [1.29, 1.82) is 0 Å². The van der Waals surface area contributed by atoms with Gasteiger partial charge in [0, 0.05) is 21.8 Å². The predicted octanol–water partition coefficient (Wildman–Crippen LogP) is 9.31. The summed E-state index contributed by atoms with van der Waals surface area (Å²) >= 11 is 13.9. The highest BCUT2D eigenvalue weighted by atomic mass is 35.5. The summed E-state index contributed by atoms with van der Waals surface area (Å²) in [5.41, 5.74) is 1.92. The molecule has 47 heavy (non-hydrogen) atoms. The molecule has 0 saturated carbocycles. The first kappa shape index (κ1) is 33.3. The van der Waals surface area contributed by atoms with Crippen LogP contribution in [0.2, 0.25) is 10.0 Å². The van der Waals surface area contributed by atoms with Crippen molar-refractivity contribution < 1.29 is 19.1 Å². The van der Waals surface area contributed by atoms with E-state index >= 15 is 0 Å². The number of rotatable bonds is 11. The molecular weight excluding hydrogens is 653 g/mol. The summed E-state index contributed by atoms with van der Waals surface area (Å²) < 4.78 is 5.81. The molecule has 0 bridgehead atoms. The van der Waals surface area contributed by atoms with Crippen LogP contribution in [0.5, 0.6) is 11.5 Å². The molecule has 0 aromatic heterocycles. The zero-order valence-corrected chi connectivity index (χ0v) is 27.4. The molecule has 0 heterocycles. The largest absolute Gasteiger partial charge is 0.457 e. The molecule has 1 atom stereocenters. The quantitative estimate of drug-likeness (QED) is 0.0954. The predicted molar refractivity (Wildman–Crippen MR) is 190 cm³/mol. The highest BCUT2D eigenvalue weighted by Gasteiger charge is 2.18. The Morgan fingerprint density at radius 2 is 1.38 bits per heavy atom. The van der Waals surface area contributed by atoms with Crippen molar-refractivity contribution in [2.24, 2.45) is 0 Å². The lowest BCUT2D eigenvalue weighted by Gasteiger charge is -2.14. The number of anilines is 2. The molecule has 0 aliphatic heterocycles. The summed E-state index contributed by atoms with van der Waals surface area (Å²) in [6.07, 6.45) is 1.47. The van der Waals surface area contributed by atoms with Crippen LogP contribution >= 0.6 is 35.0 Å². The minimum atomic E-state index is -0.571. The average molecular weight is 683 g/mol. The molecule has 0 aliphatic rings. The van der Waals surface area contributed by atoms with Crippen molar-refractivity contribution in [1.82, 2.24) is 5.32 Å². The fourth-order valence-corrected chi connectivity index (χ4v) is 5.60. The number of hydrogen-bond acceptors (Lipinski definition) is 5. The maximum Gasteiger partial charge on any atom is 0.272 e. The highest BCUT2D eigenvalue weighted by molar-refractivity contribution is 8.00. The van der Waals surface area contributed by atoms with Crippen LogP contribution in [-0.2, 0) is 9.59 Å². The Labute approximate surface area is 287 Å². The topological polar surface area (TPSA) is 96.5 Å². The summed E-state index contributed by atoms with van der Waals surface area (Å²) in [7, 11) is 0. The van der Waals surface area contributed by atoms with Crippen LogP contribution in [0.4, 0.5) is 11.4 Å². The van der Waals surface area contributed by atoms with Gasteiger partial charge in [-0.3, -0.25) is 14.4 Å². The van der Waals surface area contributed by atoms with Gasteiger partial charge in [-0.2, -0.15) is 0 Å². The van der Waals surface area contributed by atoms with Gasteiger partial charge in [0.1, 0.15) is 17.2 Å². The molecule has 5 aromatic carbocycles. The molecular formula is C37H29Cl2N3O4S. The van der Waals surface area contributed by atoms with E-state index in [2.05, 4.69) is 16.0 Å². The van der Waals surface area contributed by atoms with Crippen LogP contribution < -0.4 is 20.7 Å². The zero-order chi connectivity index (χ0) is 33.2. The number of carbonyl (C=O) groups is 3. The maximum atomic E-state index is 13.5. The van der Waals surface area contributed by atoms with Crippen LogP contribution in [0.3, 0.4) is 0 Å². The van der Waals surface area contributed by atoms with E-state index in [0.29, 0.717) is 33.3 Å². The lowest BCUT2D eigenvalue weighted by Crippen LogP contribution is -2.30. The first-order chi connectivity index (χ1) is 22.7. The minimum Gasteiger partial charge on any atom is -0.457 e. The van der Waals surface area contributed by atoms with Crippen molar-refractivity contribution in [3.63, 3.8) is 0 Å². The van der Waals surface area contributed by atoms with Crippen LogP contribution in [-0.4, -0.2) is 23.0 Å². The van der Waals surface area contributed by atoms with Crippen LogP contribution in [0.1, 0.15) is 22.8 Å².